The van der Waals surface area contributed by atoms with Crippen LogP contribution in [0.4, 0.5) is 0 Å². The molecule has 0 spiro atoms. The van der Waals surface area contributed by atoms with Gasteiger partial charge in [-0.1, -0.05) is 60.1 Å². The van der Waals surface area contributed by atoms with Crippen LogP contribution < -0.4 is 0 Å². The van der Waals surface area contributed by atoms with E-state index >= 15 is 0 Å². The van der Waals surface area contributed by atoms with Gasteiger partial charge in [-0.15, -0.1) is 10.2 Å². The lowest BCUT2D eigenvalue weighted by Gasteiger charge is -2.20. The van der Waals surface area contributed by atoms with Gasteiger partial charge in [-0.3, -0.25) is 4.90 Å². The number of benzene rings is 2. The standard InChI is InChI=1S/C19H19ClN4/c20-17-9-5-4-8-16(17)14-23-11-10-18-21-22-19(24(18)13-12-23)15-6-2-1-3-7-15/h1-9H,10-14H2. The Bertz CT molecular complexity index is 828. The van der Waals surface area contributed by atoms with Crippen molar-refractivity contribution in [3.63, 3.8) is 0 Å². The van der Waals surface area contributed by atoms with Crippen LogP contribution in [0.15, 0.2) is 54.6 Å². The Morgan fingerprint density at radius 2 is 1.67 bits per heavy atom. The summed E-state index contributed by atoms with van der Waals surface area (Å²) >= 11 is 6.30. The highest BCUT2D eigenvalue weighted by molar-refractivity contribution is 6.31. The van der Waals surface area contributed by atoms with Gasteiger partial charge >= 0.3 is 0 Å². The van der Waals surface area contributed by atoms with E-state index in [0.717, 1.165) is 54.8 Å². The molecule has 0 aliphatic carbocycles. The number of rotatable bonds is 3. The van der Waals surface area contributed by atoms with Crippen LogP contribution >= 0.6 is 11.6 Å². The van der Waals surface area contributed by atoms with Gasteiger partial charge in [0.25, 0.3) is 0 Å². The van der Waals surface area contributed by atoms with Crippen molar-refractivity contribution >= 4 is 11.6 Å². The molecule has 0 saturated carbocycles. The van der Waals surface area contributed by atoms with Gasteiger partial charge in [-0.2, -0.15) is 0 Å². The van der Waals surface area contributed by atoms with Crippen LogP contribution in [-0.2, 0) is 19.5 Å². The highest BCUT2D eigenvalue weighted by Gasteiger charge is 2.19. The quantitative estimate of drug-likeness (QED) is 0.731. The molecule has 0 unspecified atom stereocenters. The van der Waals surface area contributed by atoms with Crippen molar-refractivity contribution in [3.05, 3.63) is 71.0 Å². The normalized spacial score (nSPS) is 15.0. The summed E-state index contributed by atoms with van der Waals surface area (Å²) in [5.41, 5.74) is 2.30. The molecule has 0 amide bonds. The van der Waals surface area contributed by atoms with Crippen LogP contribution in [0.5, 0.6) is 0 Å². The Morgan fingerprint density at radius 1 is 0.875 bits per heavy atom. The van der Waals surface area contributed by atoms with E-state index in [0.29, 0.717) is 0 Å². The van der Waals surface area contributed by atoms with Crippen LogP contribution in [0.2, 0.25) is 5.02 Å². The van der Waals surface area contributed by atoms with E-state index < -0.39 is 0 Å². The second-order valence-corrected chi connectivity index (χ2v) is 6.48. The predicted octanol–water partition coefficient (Wildman–Crippen LogP) is 3.66. The first-order valence-corrected chi connectivity index (χ1v) is 8.62. The van der Waals surface area contributed by atoms with E-state index in [2.05, 4.69) is 37.9 Å². The van der Waals surface area contributed by atoms with Crippen molar-refractivity contribution in [2.24, 2.45) is 0 Å². The zero-order valence-electron chi connectivity index (χ0n) is 13.4. The van der Waals surface area contributed by atoms with Gasteiger partial charge in [0.2, 0.25) is 0 Å². The van der Waals surface area contributed by atoms with E-state index in [9.17, 15) is 0 Å². The SMILES string of the molecule is Clc1ccccc1CN1CCc2nnc(-c3ccccc3)n2CC1. The van der Waals surface area contributed by atoms with Crippen molar-refractivity contribution in [3.8, 4) is 11.4 Å². The largest absolute Gasteiger partial charge is 0.310 e. The summed E-state index contributed by atoms with van der Waals surface area (Å²) in [4.78, 5) is 2.44. The van der Waals surface area contributed by atoms with E-state index in [4.69, 9.17) is 11.6 Å². The molecule has 0 fully saturated rings. The van der Waals surface area contributed by atoms with E-state index in [1.807, 2.05) is 36.4 Å². The van der Waals surface area contributed by atoms with Gasteiger partial charge in [0, 0.05) is 43.2 Å². The topological polar surface area (TPSA) is 34.0 Å². The Balaban J connectivity index is 1.53. The molecule has 0 radical (unpaired) electrons. The van der Waals surface area contributed by atoms with E-state index in [1.54, 1.807) is 0 Å². The maximum Gasteiger partial charge on any atom is 0.164 e. The van der Waals surface area contributed by atoms with Gasteiger partial charge in [0.15, 0.2) is 5.82 Å². The molecule has 1 aliphatic rings. The number of halogens is 1. The molecule has 0 bridgehead atoms. The second-order valence-electron chi connectivity index (χ2n) is 6.08. The highest BCUT2D eigenvalue weighted by Crippen LogP contribution is 2.22. The lowest BCUT2D eigenvalue weighted by Crippen LogP contribution is -2.26. The fourth-order valence-corrected chi connectivity index (χ4v) is 3.39. The molecule has 1 aliphatic heterocycles. The van der Waals surface area contributed by atoms with Crippen molar-refractivity contribution in [1.29, 1.82) is 0 Å². The number of fused-ring (bicyclic) bond motifs is 1. The summed E-state index contributed by atoms with van der Waals surface area (Å²) in [5.74, 6) is 2.03. The first kappa shape index (κ1) is 15.4. The van der Waals surface area contributed by atoms with Crippen LogP contribution in [-0.4, -0.2) is 32.8 Å². The molecule has 1 aromatic heterocycles. The zero-order chi connectivity index (χ0) is 16.4. The molecule has 4 rings (SSSR count). The second kappa shape index (κ2) is 6.75. The molecule has 24 heavy (non-hydrogen) atoms. The Hall–Kier alpha value is -2.17. The molecule has 2 heterocycles. The van der Waals surface area contributed by atoms with E-state index in [1.165, 1.54) is 5.56 Å². The van der Waals surface area contributed by atoms with Crippen LogP contribution in [0.3, 0.4) is 0 Å². The molecule has 2 aromatic carbocycles. The van der Waals surface area contributed by atoms with E-state index in [-0.39, 0.29) is 0 Å². The molecular weight excluding hydrogens is 320 g/mol. The minimum atomic E-state index is 0.839. The van der Waals surface area contributed by atoms with Crippen molar-refractivity contribution in [2.45, 2.75) is 19.5 Å². The monoisotopic (exact) mass is 338 g/mol. The molecule has 3 aromatic rings. The molecule has 4 nitrogen and oxygen atoms in total. The third-order valence-electron chi connectivity index (χ3n) is 4.50. The summed E-state index contributed by atoms with van der Waals surface area (Å²) in [6, 6.07) is 18.3. The fourth-order valence-electron chi connectivity index (χ4n) is 3.19. The van der Waals surface area contributed by atoms with Crippen LogP contribution in [0, 0.1) is 0 Å². The van der Waals surface area contributed by atoms with Crippen molar-refractivity contribution in [1.82, 2.24) is 19.7 Å². The highest BCUT2D eigenvalue weighted by atomic mass is 35.5. The predicted molar refractivity (Wildman–Crippen MR) is 95.9 cm³/mol. The zero-order valence-corrected chi connectivity index (χ0v) is 14.2. The minimum Gasteiger partial charge on any atom is -0.310 e. The van der Waals surface area contributed by atoms with Crippen LogP contribution in [0.25, 0.3) is 11.4 Å². The molecule has 0 saturated heterocycles. The average molecular weight is 339 g/mol. The summed E-state index contributed by atoms with van der Waals surface area (Å²) < 4.78 is 2.25. The molecule has 122 valence electrons. The van der Waals surface area contributed by atoms with Gasteiger partial charge < -0.3 is 4.57 Å². The lowest BCUT2D eigenvalue weighted by atomic mass is 10.2. The Morgan fingerprint density at radius 3 is 2.50 bits per heavy atom. The summed E-state index contributed by atoms with van der Waals surface area (Å²) in [6.07, 6.45) is 0.907. The van der Waals surface area contributed by atoms with Gasteiger partial charge in [0.05, 0.1) is 0 Å². The summed E-state index contributed by atoms with van der Waals surface area (Å²) in [7, 11) is 0. The first-order valence-electron chi connectivity index (χ1n) is 8.24. The molecular formula is C19H19ClN4. The molecule has 0 N–H and O–H groups in total. The van der Waals surface area contributed by atoms with Crippen molar-refractivity contribution in [2.75, 3.05) is 13.1 Å². The summed E-state index contributed by atoms with van der Waals surface area (Å²) in [6.45, 7) is 3.71. The van der Waals surface area contributed by atoms with Gasteiger partial charge in [0.1, 0.15) is 5.82 Å². The average Bonchev–Trinajstić information content (AvgIpc) is 2.92. The van der Waals surface area contributed by atoms with Gasteiger partial charge in [-0.05, 0) is 11.6 Å². The number of hydrogen-bond donors (Lipinski definition) is 0. The first-order chi connectivity index (χ1) is 11.8. The summed E-state index contributed by atoms with van der Waals surface area (Å²) in [5, 5.41) is 9.66. The van der Waals surface area contributed by atoms with Gasteiger partial charge in [-0.25, -0.2) is 0 Å². The number of aromatic nitrogens is 3. The third-order valence-corrected chi connectivity index (χ3v) is 4.87. The number of nitrogens with zero attached hydrogens (tertiary/aromatic N) is 4. The maximum absolute atomic E-state index is 6.30. The smallest absolute Gasteiger partial charge is 0.164 e. The molecule has 5 heteroatoms. The Kier molecular flexibility index (Phi) is 4.32. The van der Waals surface area contributed by atoms with Crippen molar-refractivity contribution < 1.29 is 0 Å². The third kappa shape index (κ3) is 3.07. The maximum atomic E-state index is 6.30. The minimum absolute atomic E-state index is 0.839. The molecule has 0 atom stereocenters. The lowest BCUT2D eigenvalue weighted by molar-refractivity contribution is 0.271. The van der Waals surface area contributed by atoms with Crippen LogP contribution in [0.1, 0.15) is 11.4 Å². The Labute approximate surface area is 146 Å². The fraction of sp³-hybridized carbons (Fsp3) is 0.263. The number of hydrogen-bond acceptors (Lipinski definition) is 3.